The number of carbonyl (C=O) groups is 2. The highest BCUT2D eigenvalue weighted by atomic mass is 32.2. The summed E-state index contributed by atoms with van der Waals surface area (Å²) in [5, 5.41) is 11.9. The van der Waals surface area contributed by atoms with Crippen LogP contribution in [0, 0.1) is 0 Å². The minimum atomic E-state index is -0.471. The Morgan fingerprint density at radius 1 is 1.22 bits per heavy atom. The van der Waals surface area contributed by atoms with E-state index in [2.05, 4.69) is 15.3 Å². The van der Waals surface area contributed by atoms with Crippen molar-refractivity contribution in [2.75, 3.05) is 0 Å². The molecule has 4 rings (SSSR count). The molecule has 8 heteroatoms. The van der Waals surface area contributed by atoms with Crippen LogP contribution >= 0.6 is 11.8 Å². The second-order valence-electron chi connectivity index (χ2n) is 6.39. The van der Waals surface area contributed by atoms with Gasteiger partial charge in [0.2, 0.25) is 5.88 Å². The molecule has 0 radical (unpaired) electrons. The number of nitrogens with one attached hydrogen (secondary N) is 1. The van der Waals surface area contributed by atoms with Gasteiger partial charge in [-0.05, 0) is 61.7 Å². The summed E-state index contributed by atoms with van der Waals surface area (Å²) in [5.74, 6) is 0.00979. The van der Waals surface area contributed by atoms with Crippen molar-refractivity contribution in [2.45, 2.75) is 31.8 Å². The van der Waals surface area contributed by atoms with Gasteiger partial charge in [-0.25, -0.2) is 4.98 Å². The number of imide groups is 1. The predicted molar refractivity (Wildman–Crippen MR) is 101 cm³/mol. The Kier molecular flexibility index (Phi) is 4.81. The first-order valence-electron chi connectivity index (χ1n) is 8.65. The first-order valence-corrected chi connectivity index (χ1v) is 9.47. The van der Waals surface area contributed by atoms with Gasteiger partial charge in [-0.2, -0.15) is 0 Å². The summed E-state index contributed by atoms with van der Waals surface area (Å²) in [4.78, 5) is 32.0. The molecule has 1 aliphatic heterocycles. The Bertz CT molecular complexity index is 938. The lowest BCUT2D eigenvalue weighted by molar-refractivity contribution is -0.115. The van der Waals surface area contributed by atoms with E-state index < -0.39 is 11.1 Å². The normalized spacial score (nSPS) is 18.9. The number of nitrogens with zero attached hydrogens (tertiary/aromatic N) is 2. The number of rotatable bonds is 4. The molecule has 0 spiro atoms. The van der Waals surface area contributed by atoms with E-state index in [4.69, 9.17) is 4.74 Å². The van der Waals surface area contributed by atoms with Crippen LogP contribution in [-0.4, -0.2) is 32.3 Å². The predicted octanol–water partition coefficient (Wildman–Crippen LogP) is 3.49. The summed E-state index contributed by atoms with van der Waals surface area (Å²) in [6.45, 7) is 0. The van der Waals surface area contributed by atoms with E-state index in [0.29, 0.717) is 17.1 Å². The molecule has 2 heterocycles. The van der Waals surface area contributed by atoms with E-state index in [1.165, 1.54) is 25.0 Å². The van der Waals surface area contributed by atoms with Crippen LogP contribution in [0.5, 0.6) is 11.6 Å². The van der Waals surface area contributed by atoms with Crippen molar-refractivity contribution in [3.8, 4) is 22.9 Å². The lowest BCUT2D eigenvalue weighted by atomic mass is 10.1. The van der Waals surface area contributed by atoms with Crippen molar-refractivity contribution in [3.63, 3.8) is 0 Å². The van der Waals surface area contributed by atoms with Crippen molar-refractivity contribution >= 4 is 29.0 Å². The van der Waals surface area contributed by atoms with E-state index in [1.807, 2.05) is 0 Å². The number of hydrogen-bond donors (Lipinski definition) is 2. The molecule has 0 unspecified atom stereocenters. The van der Waals surface area contributed by atoms with Crippen molar-refractivity contribution in [2.24, 2.45) is 0 Å². The number of amides is 2. The first-order chi connectivity index (χ1) is 13.1. The van der Waals surface area contributed by atoms with Gasteiger partial charge in [0.25, 0.3) is 11.1 Å². The third-order valence-corrected chi connectivity index (χ3v) is 5.26. The summed E-state index contributed by atoms with van der Waals surface area (Å²) in [6.07, 6.45) is 9.27. The molecule has 1 saturated heterocycles. The minimum Gasteiger partial charge on any atom is -0.507 e. The number of benzene rings is 1. The fourth-order valence-corrected chi connectivity index (χ4v) is 3.79. The van der Waals surface area contributed by atoms with Gasteiger partial charge < -0.3 is 9.84 Å². The molecule has 0 bridgehead atoms. The molecule has 2 aromatic rings. The first kappa shape index (κ1) is 17.5. The van der Waals surface area contributed by atoms with Crippen LogP contribution in [0.1, 0.15) is 31.2 Å². The highest BCUT2D eigenvalue weighted by Gasteiger charge is 2.25. The standard InChI is InChI=1S/C19H17N3O4S/c23-15-6-5-11(7-12(15)8-16-18(24)22-19(25)27-16)14-9-20-10-17(21-14)26-13-3-1-2-4-13/h5-10,13,23H,1-4H2,(H,22,24,25). The Morgan fingerprint density at radius 3 is 2.78 bits per heavy atom. The second kappa shape index (κ2) is 7.40. The van der Waals surface area contributed by atoms with Gasteiger partial charge in [0.05, 0.1) is 23.0 Å². The van der Waals surface area contributed by atoms with Crippen molar-refractivity contribution in [1.29, 1.82) is 0 Å². The fourth-order valence-electron chi connectivity index (χ4n) is 3.11. The van der Waals surface area contributed by atoms with Crippen LogP contribution in [0.15, 0.2) is 35.5 Å². The molecule has 1 aliphatic carbocycles. The average molecular weight is 383 g/mol. The largest absolute Gasteiger partial charge is 0.507 e. The van der Waals surface area contributed by atoms with E-state index >= 15 is 0 Å². The van der Waals surface area contributed by atoms with E-state index in [1.54, 1.807) is 24.5 Å². The lowest BCUT2D eigenvalue weighted by Gasteiger charge is -2.12. The summed E-state index contributed by atoms with van der Waals surface area (Å²) in [6, 6.07) is 4.93. The van der Waals surface area contributed by atoms with E-state index in [9.17, 15) is 14.7 Å². The van der Waals surface area contributed by atoms with Crippen LogP contribution in [0.2, 0.25) is 0 Å². The van der Waals surface area contributed by atoms with Crippen LogP contribution in [0.3, 0.4) is 0 Å². The monoisotopic (exact) mass is 383 g/mol. The lowest BCUT2D eigenvalue weighted by Crippen LogP contribution is -2.17. The number of aromatic nitrogens is 2. The molecule has 2 amide bonds. The Morgan fingerprint density at radius 2 is 2.04 bits per heavy atom. The van der Waals surface area contributed by atoms with Gasteiger partial charge in [-0.15, -0.1) is 0 Å². The molecule has 1 aromatic heterocycles. The number of ether oxygens (including phenoxy) is 1. The van der Waals surface area contributed by atoms with Crippen LogP contribution in [0.25, 0.3) is 17.3 Å². The van der Waals surface area contributed by atoms with Gasteiger partial charge in [-0.1, -0.05) is 0 Å². The quantitative estimate of drug-likeness (QED) is 0.779. The molecular weight excluding hydrogens is 366 g/mol. The number of thioether (sulfide) groups is 1. The van der Waals surface area contributed by atoms with Crippen molar-refractivity contribution in [3.05, 3.63) is 41.1 Å². The molecule has 27 heavy (non-hydrogen) atoms. The zero-order valence-corrected chi connectivity index (χ0v) is 15.2. The fraction of sp³-hybridized carbons (Fsp3) is 0.263. The van der Waals surface area contributed by atoms with Crippen LogP contribution in [0.4, 0.5) is 4.79 Å². The average Bonchev–Trinajstić information content (AvgIpc) is 3.26. The van der Waals surface area contributed by atoms with Crippen molar-refractivity contribution < 1.29 is 19.4 Å². The molecule has 0 atom stereocenters. The van der Waals surface area contributed by atoms with E-state index in [-0.39, 0.29) is 16.8 Å². The SMILES string of the molecule is O=C1NC(=O)C(=Cc2cc(-c3cncc(OC4CCCC4)n3)ccc2O)S1. The number of phenolic OH excluding ortho intramolecular Hbond substituents is 1. The molecule has 7 nitrogen and oxygen atoms in total. The molecule has 2 aliphatic rings. The Balaban J connectivity index is 1.62. The highest BCUT2D eigenvalue weighted by Crippen LogP contribution is 2.31. The van der Waals surface area contributed by atoms with Gasteiger partial charge in [0.1, 0.15) is 11.9 Å². The van der Waals surface area contributed by atoms with Gasteiger partial charge >= 0.3 is 0 Å². The summed E-state index contributed by atoms with van der Waals surface area (Å²) >= 11 is 0.801. The highest BCUT2D eigenvalue weighted by molar-refractivity contribution is 8.18. The molecule has 2 N–H and O–H groups in total. The van der Waals surface area contributed by atoms with Crippen LogP contribution in [-0.2, 0) is 4.79 Å². The maximum atomic E-state index is 11.7. The number of carbonyl (C=O) groups excluding carboxylic acids is 2. The number of hydrogen-bond acceptors (Lipinski definition) is 7. The smallest absolute Gasteiger partial charge is 0.290 e. The molecule has 1 aromatic carbocycles. The third kappa shape index (κ3) is 3.95. The molecular formula is C19H17N3O4S. The molecule has 138 valence electrons. The topological polar surface area (TPSA) is 101 Å². The minimum absolute atomic E-state index is 0.00492. The van der Waals surface area contributed by atoms with Crippen molar-refractivity contribution in [1.82, 2.24) is 15.3 Å². The van der Waals surface area contributed by atoms with Gasteiger partial charge in [0.15, 0.2) is 0 Å². The number of phenols is 1. The Labute approximate surface area is 159 Å². The molecule has 1 saturated carbocycles. The van der Waals surface area contributed by atoms with Gasteiger partial charge in [0, 0.05) is 11.1 Å². The number of aromatic hydroxyl groups is 1. The second-order valence-corrected chi connectivity index (χ2v) is 7.41. The van der Waals surface area contributed by atoms with Gasteiger partial charge in [-0.3, -0.25) is 19.9 Å². The maximum Gasteiger partial charge on any atom is 0.290 e. The third-order valence-electron chi connectivity index (χ3n) is 4.45. The summed E-state index contributed by atoms with van der Waals surface area (Å²) < 4.78 is 5.90. The van der Waals surface area contributed by atoms with Crippen LogP contribution < -0.4 is 10.1 Å². The molecule has 2 fully saturated rings. The summed E-state index contributed by atoms with van der Waals surface area (Å²) in [7, 11) is 0. The van der Waals surface area contributed by atoms with E-state index in [0.717, 1.165) is 30.2 Å². The zero-order valence-electron chi connectivity index (χ0n) is 14.3. The Hall–Kier alpha value is -2.87. The summed E-state index contributed by atoms with van der Waals surface area (Å²) in [5.41, 5.74) is 1.74. The maximum absolute atomic E-state index is 11.7. The zero-order chi connectivity index (χ0) is 18.8.